The van der Waals surface area contributed by atoms with E-state index in [9.17, 15) is 9.59 Å². The zero-order chi connectivity index (χ0) is 8.60. The number of nitrogens with one attached hydrogen (secondary N) is 1. The van der Waals surface area contributed by atoms with Crippen LogP contribution in [-0.4, -0.2) is 17.2 Å². The molecule has 0 unspecified atom stereocenters. The molecule has 12 heavy (non-hydrogen) atoms. The summed E-state index contributed by atoms with van der Waals surface area (Å²) in [6.45, 7) is 0. The average molecular weight is 167 g/mol. The normalized spacial score (nSPS) is 35.7. The SMILES string of the molecule is O=C1CCC[C@]2(CCCC2=O)N1. The molecule has 0 aromatic rings. The van der Waals surface area contributed by atoms with Crippen LogP contribution in [0.25, 0.3) is 0 Å². The van der Waals surface area contributed by atoms with Crippen molar-refractivity contribution in [2.24, 2.45) is 0 Å². The standard InChI is InChI=1S/C9H13NO2/c11-7-3-1-5-9(7)6-2-4-8(12)10-9/h1-6H2,(H,10,12)/t9-/m0/s1. The van der Waals surface area contributed by atoms with Crippen molar-refractivity contribution in [2.75, 3.05) is 0 Å². The lowest BCUT2D eigenvalue weighted by molar-refractivity contribution is -0.133. The molecule has 1 N–H and O–H groups in total. The van der Waals surface area contributed by atoms with E-state index in [0.717, 1.165) is 25.7 Å². The lowest BCUT2D eigenvalue weighted by atomic mass is 9.86. The minimum Gasteiger partial charge on any atom is -0.344 e. The van der Waals surface area contributed by atoms with Crippen molar-refractivity contribution in [3.8, 4) is 0 Å². The van der Waals surface area contributed by atoms with Gasteiger partial charge in [-0.05, 0) is 25.7 Å². The summed E-state index contributed by atoms with van der Waals surface area (Å²) in [7, 11) is 0. The molecule has 1 amide bonds. The first-order valence-electron chi connectivity index (χ1n) is 4.57. The zero-order valence-electron chi connectivity index (χ0n) is 7.06. The van der Waals surface area contributed by atoms with Crippen LogP contribution in [0.15, 0.2) is 0 Å². The summed E-state index contributed by atoms with van der Waals surface area (Å²) in [4.78, 5) is 22.6. The number of amides is 1. The van der Waals surface area contributed by atoms with Crippen LogP contribution in [0.5, 0.6) is 0 Å². The van der Waals surface area contributed by atoms with Crippen molar-refractivity contribution in [1.82, 2.24) is 5.32 Å². The Bertz CT molecular complexity index is 237. The minimum atomic E-state index is -0.435. The maximum Gasteiger partial charge on any atom is 0.220 e. The third kappa shape index (κ3) is 1.04. The fraction of sp³-hybridized carbons (Fsp3) is 0.778. The molecule has 3 nitrogen and oxygen atoms in total. The molecular weight excluding hydrogens is 154 g/mol. The van der Waals surface area contributed by atoms with E-state index in [1.807, 2.05) is 0 Å². The van der Waals surface area contributed by atoms with Crippen molar-refractivity contribution < 1.29 is 9.59 Å². The Hall–Kier alpha value is -0.860. The van der Waals surface area contributed by atoms with Crippen LogP contribution in [-0.2, 0) is 9.59 Å². The molecule has 66 valence electrons. The van der Waals surface area contributed by atoms with E-state index >= 15 is 0 Å². The van der Waals surface area contributed by atoms with Gasteiger partial charge in [-0.1, -0.05) is 0 Å². The number of ketones is 1. The van der Waals surface area contributed by atoms with E-state index in [4.69, 9.17) is 0 Å². The highest BCUT2D eigenvalue weighted by Crippen LogP contribution is 2.33. The van der Waals surface area contributed by atoms with E-state index in [-0.39, 0.29) is 11.7 Å². The van der Waals surface area contributed by atoms with E-state index in [1.165, 1.54) is 0 Å². The molecule has 1 saturated heterocycles. The number of piperidine rings is 1. The Morgan fingerprint density at radius 2 is 1.75 bits per heavy atom. The molecular formula is C9H13NO2. The van der Waals surface area contributed by atoms with Crippen LogP contribution >= 0.6 is 0 Å². The Kier molecular flexibility index (Phi) is 1.67. The molecule has 2 fully saturated rings. The van der Waals surface area contributed by atoms with E-state index in [0.29, 0.717) is 12.8 Å². The summed E-state index contributed by atoms with van der Waals surface area (Å²) in [6, 6.07) is 0. The number of Topliss-reactive ketones (excluding diaryl/α,β-unsaturated/α-hetero) is 1. The fourth-order valence-electron chi connectivity index (χ4n) is 2.27. The molecule has 1 atom stereocenters. The number of rotatable bonds is 0. The summed E-state index contributed by atoms with van der Waals surface area (Å²) in [5.74, 6) is 0.298. The van der Waals surface area contributed by atoms with Crippen molar-refractivity contribution in [3.63, 3.8) is 0 Å². The summed E-state index contributed by atoms with van der Waals surface area (Å²) in [6.07, 6.45) is 4.78. The van der Waals surface area contributed by atoms with Crippen LogP contribution in [0, 0.1) is 0 Å². The van der Waals surface area contributed by atoms with Gasteiger partial charge in [-0.15, -0.1) is 0 Å². The van der Waals surface area contributed by atoms with Crippen LogP contribution in [0.1, 0.15) is 38.5 Å². The number of carbonyl (C=O) groups excluding carboxylic acids is 2. The molecule has 0 bridgehead atoms. The Morgan fingerprint density at radius 3 is 2.25 bits per heavy atom. The zero-order valence-corrected chi connectivity index (χ0v) is 7.06. The molecule has 1 heterocycles. The smallest absolute Gasteiger partial charge is 0.220 e. The van der Waals surface area contributed by atoms with Gasteiger partial charge in [0.05, 0.1) is 5.54 Å². The molecule has 1 spiro atoms. The predicted molar refractivity (Wildman–Crippen MR) is 43.6 cm³/mol. The van der Waals surface area contributed by atoms with Gasteiger partial charge in [0.2, 0.25) is 5.91 Å². The predicted octanol–water partition coefficient (Wildman–Crippen LogP) is 0.778. The highest BCUT2D eigenvalue weighted by atomic mass is 16.2. The topological polar surface area (TPSA) is 46.2 Å². The molecule has 0 aromatic heterocycles. The van der Waals surface area contributed by atoms with Crippen LogP contribution < -0.4 is 5.32 Å². The minimum absolute atomic E-state index is 0.0523. The number of carbonyl (C=O) groups is 2. The molecule has 1 saturated carbocycles. The van der Waals surface area contributed by atoms with Gasteiger partial charge in [0.15, 0.2) is 5.78 Å². The van der Waals surface area contributed by atoms with Crippen molar-refractivity contribution in [3.05, 3.63) is 0 Å². The molecule has 0 aromatic carbocycles. The Morgan fingerprint density at radius 1 is 1.08 bits per heavy atom. The van der Waals surface area contributed by atoms with Gasteiger partial charge in [0.1, 0.15) is 0 Å². The van der Waals surface area contributed by atoms with Crippen molar-refractivity contribution in [2.45, 2.75) is 44.1 Å². The molecule has 2 aliphatic rings. The van der Waals surface area contributed by atoms with Crippen LogP contribution in [0.2, 0.25) is 0 Å². The largest absolute Gasteiger partial charge is 0.344 e. The third-order valence-electron chi connectivity index (χ3n) is 2.93. The first-order chi connectivity index (χ1) is 5.73. The second-order valence-electron chi connectivity index (χ2n) is 3.76. The van der Waals surface area contributed by atoms with Gasteiger partial charge in [0, 0.05) is 12.8 Å². The second-order valence-corrected chi connectivity index (χ2v) is 3.76. The maximum absolute atomic E-state index is 11.5. The van der Waals surface area contributed by atoms with Gasteiger partial charge in [-0.3, -0.25) is 9.59 Å². The Balaban J connectivity index is 2.18. The van der Waals surface area contributed by atoms with Gasteiger partial charge in [0.25, 0.3) is 0 Å². The number of hydrogen-bond acceptors (Lipinski definition) is 2. The first kappa shape index (κ1) is 7.77. The van der Waals surface area contributed by atoms with E-state index < -0.39 is 5.54 Å². The summed E-state index contributed by atoms with van der Waals surface area (Å²) in [5, 5.41) is 2.85. The molecule has 0 radical (unpaired) electrons. The van der Waals surface area contributed by atoms with Crippen LogP contribution in [0.4, 0.5) is 0 Å². The Labute approximate surface area is 71.5 Å². The average Bonchev–Trinajstić information content (AvgIpc) is 2.33. The molecule has 1 aliphatic carbocycles. The third-order valence-corrected chi connectivity index (χ3v) is 2.93. The molecule has 2 rings (SSSR count). The van der Waals surface area contributed by atoms with Crippen molar-refractivity contribution >= 4 is 11.7 Å². The summed E-state index contributed by atoms with van der Waals surface area (Å²) < 4.78 is 0. The summed E-state index contributed by atoms with van der Waals surface area (Å²) in [5.41, 5.74) is -0.435. The first-order valence-corrected chi connectivity index (χ1v) is 4.57. The van der Waals surface area contributed by atoms with Gasteiger partial charge >= 0.3 is 0 Å². The summed E-state index contributed by atoms with van der Waals surface area (Å²) >= 11 is 0. The van der Waals surface area contributed by atoms with Gasteiger partial charge in [-0.2, -0.15) is 0 Å². The van der Waals surface area contributed by atoms with E-state index in [2.05, 4.69) is 5.32 Å². The van der Waals surface area contributed by atoms with Crippen LogP contribution in [0.3, 0.4) is 0 Å². The highest BCUT2D eigenvalue weighted by molar-refractivity contribution is 5.95. The van der Waals surface area contributed by atoms with Gasteiger partial charge < -0.3 is 5.32 Å². The lowest BCUT2D eigenvalue weighted by Gasteiger charge is -2.32. The molecule has 3 heteroatoms. The second kappa shape index (κ2) is 2.57. The van der Waals surface area contributed by atoms with E-state index in [1.54, 1.807) is 0 Å². The quantitative estimate of drug-likeness (QED) is 0.579. The van der Waals surface area contributed by atoms with Gasteiger partial charge in [-0.25, -0.2) is 0 Å². The monoisotopic (exact) mass is 167 g/mol. The maximum atomic E-state index is 11.5. The molecule has 1 aliphatic heterocycles. The highest BCUT2D eigenvalue weighted by Gasteiger charge is 2.44. The lowest BCUT2D eigenvalue weighted by Crippen LogP contribution is -2.54. The van der Waals surface area contributed by atoms with Crippen molar-refractivity contribution in [1.29, 1.82) is 0 Å². The fourth-order valence-corrected chi connectivity index (χ4v) is 2.27. The number of hydrogen-bond donors (Lipinski definition) is 1.